The lowest BCUT2D eigenvalue weighted by Gasteiger charge is -2.17. The van der Waals surface area contributed by atoms with E-state index >= 15 is 0 Å². The maximum absolute atomic E-state index is 13.7. The van der Waals surface area contributed by atoms with E-state index < -0.39 is 17.8 Å². The van der Waals surface area contributed by atoms with Crippen LogP contribution in [0.4, 0.5) is 9.18 Å². The highest BCUT2D eigenvalue weighted by Crippen LogP contribution is 2.27. The molecule has 1 heterocycles. The van der Waals surface area contributed by atoms with Crippen LogP contribution in [-0.2, 0) is 17.9 Å². The number of aromatic nitrogens is 1. The second-order valence-corrected chi connectivity index (χ2v) is 8.31. The number of hydrogen-bond acceptors (Lipinski definition) is 5. The number of amides is 2. The first kappa shape index (κ1) is 25.0. The first-order valence-corrected chi connectivity index (χ1v) is 11.0. The van der Waals surface area contributed by atoms with Crippen LogP contribution in [0.5, 0.6) is 5.75 Å². The Balaban J connectivity index is 1.92. The van der Waals surface area contributed by atoms with Crippen molar-refractivity contribution in [3.05, 3.63) is 91.1 Å². The molecule has 0 radical (unpaired) electrons. The fraction of sp³-hybridized carbons (Fsp3) is 0.208. The number of halogens is 2. The number of nitrogens with one attached hydrogen (secondary N) is 1. The van der Waals surface area contributed by atoms with Crippen molar-refractivity contribution in [2.45, 2.75) is 27.0 Å². The summed E-state index contributed by atoms with van der Waals surface area (Å²) in [5.41, 5.74) is 8.30. The summed E-state index contributed by atoms with van der Waals surface area (Å²) >= 11 is 3.31. The highest BCUT2D eigenvalue weighted by atomic mass is 79.9. The van der Waals surface area contributed by atoms with Crippen molar-refractivity contribution < 1.29 is 23.5 Å². The van der Waals surface area contributed by atoms with Gasteiger partial charge in [0.05, 0.1) is 12.8 Å². The average molecular weight is 532 g/mol. The van der Waals surface area contributed by atoms with E-state index in [4.69, 9.17) is 10.5 Å². The van der Waals surface area contributed by atoms with E-state index in [9.17, 15) is 18.8 Å². The Morgan fingerprint density at radius 1 is 1.12 bits per heavy atom. The molecule has 3 aromatic rings. The summed E-state index contributed by atoms with van der Waals surface area (Å²) in [4.78, 5) is 36.2. The Kier molecular flexibility index (Phi) is 7.72. The molecule has 0 aliphatic carbocycles. The van der Waals surface area contributed by atoms with Crippen LogP contribution >= 0.6 is 15.9 Å². The van der Waals surface area contributed by atoms with Gasteiger partial charge in [0.2, 0.25) is 5.91 Å². The molecule has 0 unspecified atom stereocenters. The van der Waals surface area contributed by atoms with E-state index in [0.29, 0.717) is 28.3 Å². The number of methoxy groups -OCH3 is 1. The van der Waals surface area contributed by atoms with E-state index in [2.05, 4.69) is 26.0 Å². The summed E-state index contributed by atoms with van der Waals surface area (Å²) < 4.78 is 25.8. The maximum Gasteiger partial charge on any atom is 0.407 e. The monoisotopic (exact) mass is 531 g/mol. The van der Waals surface area contributed by atoms with Crippen molar-refractivity contribution in [2.75, 3.05) is 7.11 Å². The molecule has 2 aromatic carbocycles. The van der Waals surface area contributed by atoms with Gasteiger partial charge in [0.25, 0.3) is 5.56 Å². The lowest BCUT2D eigenvalue weighted by atomic mass is 10.1. The van der Waals surface area contributed by atoms with Crippen molar-refractivity contribution in [1.82, 2.24) is 9.88 Å². The summed E-state index contributed by atoms with van der Waals surface area (Å²) in [5.74, 6) is -0.764. The van der Waals surface area contributed by atoms with Crippen LogP contribution in [0.3, 0.4) is 0 Å². The number of carbonyl (C=O) groups excluding carboxylic acids is 2. The number of aryl methyl sites for hydroxylation is 2. The molecule has 0 saturated heterocycles. The molecule has 0 fully saturated rings. The Morgan fingerprint density at radius 2 is 1.85 bits per heavy atom. The van der Waals surface area contributed by atoms with Crippen molar-refractivity contribution in [2.24, 2.45) is 5.73 Å². The van der Waals surface area contributed by atoms with Crippen molar-refractivity contribution in [3.8, 4) is 11.4 Å². The van der Waals surface area contributed by atoms with Crippen LogP contribution in [0.2, 0.25) is 0 Å². The van der Waals surface area contributed by atoms with Gasteiger partial charge in [-0.05, 0) is 70.7 Å². The Labute approximate surface area is 203 Å². The number of pyridine rings is 1. The van der Waals surface area contributed by atoms with Crippen LogP contribution in [-0.4, -0.2) is 23.7 Å². The van der Waals surface area contributed by atoms with Gasteiger partial charge in [-0.1, -0.05) is 12.1 Å². The zero-order chi connectivity index (χ0) is 25.0. The fourth-order valence-corrected chi connectivity index (χ4v) is 3.79. The molecule has 0 aliphatic rings. The quantitative estimate of drug-likeness (QED) is 0.480. The number of alkyl carbamates (subject to hydrolysis) is 1. The van der Waals surface area contributed by atoms with Crippen LogP contribution in [0.25, 0.3) is 5.69 Å². The highest BCUT2D eigenvalue weighted by Gasteiger charge is 2.17. The molecule has 178 valence electrons. The predicted molar refractivity (Wildman–Crippen MR) is 128 cm³/mol. The first-order valence-electron chi connectivity index (χ1n) is 10.2. The number of benzene rings is 2. The number of carbonyl (C=O) groups is 2. The normalized spacial score (nSPS) is 10.6. The molecule has 0 spiro atoms. The Bertz CT molecular complexity index is 1320. The van der Waals surface area contributed by atoms with Gasteiger partial charge in [-0.2, -0.15) is 0 Å². The molecule has 0 atom stereocenters. The second kappa shape index (κ2) is 10.5. The second-order valence-electron chi connectivity index (χ2n) is 7.52. The lowest BCUT2D eigenvalue weighted by molar-refractivity contribution is 0.1000. The molecule has 0 saturated carbocycles. The number of nitrogens with zero attached hydrogens (tertiary/aromatic N) is 1. The molecule has 2 amide bonds. The maximum atomic E-state index is 13.7. The number of rotatable bonds is 7. The molecular formula is C24H23BrFN3O5. The predicted octanol–water partition coefficient (Wildman–Crippen LogP) is 3.89. The summed E-state index contributed by atoms with van der Waals surface area (Å²) in [6.07, 6.45) is -0.645. The molecule has 1 aromatic heterocycles. The van der Waals surface area contributed by atoms with Crippen molar-refractivity contribution in [3.63, 3.8) is 0 Å². The summed E-state index contributed by atoms with van der Waals surface area (Å²) in [7, 11) is 1.23. The third kappa shape index (κ3) is 5.45. The molecular weight excluding hydrogens is 509 g/mol. The van der Waals surface area contributed by atoms with E-state index in [-0.39, 0.29) is 28.7 Å². The van der Waals surface area contributed by atoms with Gasteiger partial charge in [0, 0.05) is 23.9 Å². The van der Waals surface area contributed by atoms with E-state index in [1.807, 2.05) is 6.92 Å². The Hall–Kier alpha value is -3.66. The van der Waals surface area contributed by atoms with Crippen LogP contribution in [0, 0.1) is 19.7 Å². The smallest absolute Gasteiger partial charge is 0.407 e. The first-order chi connectivity index (χ1) is 16.1. The third-order valence-corrected chi connectivity index (χ3v) is 5.92. The molecule has 8 nitrogen and oxygen atoms in total. The highest BCUT2D eigenvalue weighted by molar-refractivity contribution is 9.10. The van der Waals surface area contributed by atoms with Gasteiger partial charge >= 0.3 is 6.09 Å². The van der Waals surface area contributed by atoms with Gasteiger partial charge in [-0.15, -0.1) is 0 Å². The van der Waals surface area contributed by atoms with Gasteiger partial charge in [-0.3, -0.25) is 14.2 Å². The molecule has 34 heavy (non-hydrogen) atoms. The van der Waals surface area contributed by atoms with Gasteiger partial charge in [0.15, 0.2) is 0 Å². The lowest BCUT2D eigenvalue weighted by Crippen LogP contribution is -2.24. The van der Waals surface area contributed by atoms with Crippen molar-refractivity contribution in [1.29, 1.82) is 0 Å². The third-order valence-electron chi connectivity index (χ3n) is 5.19. The largest absolute Gasteiger partial charge is 0.487 e. The van der Waals surface area contributed by atoms with Gasteiger partial charge in [-0.25, -0.2) is 9.18 Å². The number of ether oxygens (including phenoxy) is 2. The van der Waals surface area contributed by atoms with Crippen molar-refractivity contribution >= 4 is 27.9 Å². The molecule has 0 aliphatic heterocycles. The Morgan fingerprint density at radius 3 is 2.53 bits per heavy atom. The summed E-state index contributed by atoms with van der Waals surface area (Å²) in [5, 5.41) is 2.51. The minimum Gasteiger partial charge on any atom is -0.487 e. The molecule has 10 heteroatoms. The van der Waals surface area contributed by atoms with E-state index in [1.165, 1.54) is 23.8 Å². The summed E-state index contributed by atoms with van der Waals surface area (Å²) in [6, 6.07) is 10.7. The standard InChI is InChI=1S/C24H23BrFN3O5/c1-13-4-5-15(22(27)30)10-19(13)29-14(2)8-20(21(25)23(29)31)34-12-16-6-7-18(26)9-17(16)11-28-24(32)33-3/h4-10H,11-12H2,1-3H3,(H2,27,30)(H,28,32). The van der Waals surface area contributed by atoms with Crippen LogP contribution in [0.15, 0.2) is 51.7 Å². The number of primary amides is 1. The number of hydrogen-bond donors (Lipinski definition) is 2. The minimum absolute atomic E-state index is 0.0240. The number of nitrogens with two attached hydrogens (primary N) is 1. The van der Waals surface area contributed by atoms with Crippen LogP contribution in [0.1, 0.15) is 32.7 Å². The van der Waals surface area contributed by atoms with E-state index in [0.717, 1.165) is 5.56 Å². The van der Waals surface area contributed by atoms with Gasteiger partial charge in [0.1, 0.15) is 22.6 Å². The zero-order valence-corrected chi connectivity index (χ0v) is 20.4. The van der Waals surface area contributed by atoms with Gasteiger partial charge < -0.3 is 20.5 Å². The molecule has 3 N–H and O–H groups in total. The molecule has 0 bridgehead atoms. The van der Waals surface area contributed by atoms with Crippen LogP contribution < -0.4 is 21.3 Å². The average Bonchev–Trinajstić information content (AvgIpc) is 2.80. The summed E-state index contributed by atoms with van der Waals surface area (Å²) in [6.45, 7) is 3.62. The molecule has 3 rings (SSSR count). The SMILES string of the molecule is COC(=O)NCc1cc(F)ccc1COc1cc(C)n(-c2cc(C(N)=O)ccc2C)c(=O)c1Br. The fourth-order valence-electron chi connectivity index (χ4n) is 3.38. The zero-order valence-electron chi connectivity index (χ0n) is 18.8. The topological polar surface area (TPSA) is 113 Å². The minimum atomic E-state index is -0.645. The van der Waals surface area contributed by atoms with E-state index in [1.54, 1.807) is 37.3 Å².